The molecule has 1 amide bonds. The molecule has 0 aromatic carbocycles. The number of aryl methyl sites for hydroxylation is 1. The lowest BCUT2D eigenvalue weighted by Gasteiger charge is -1.99. The first-order valence-corrected chi connectivity index (χ1v) is 7.28. The first kappa shape index (κ1) is 13.7. The summed E-state index contributed by atoms with van der Waals surface area (Å²) in [7, 11) is 0. The second-order valence-corrected chi connectivity index (χ2v) is 5.60. The number of esters is 1. The summed E-state index contributed by atoms with van der Waals surface area (Å²) in [5.41, 5.74) is 2.39. The Morgan fingerprint density at radius 1 is 1.47 bits per heavy atom. The van der Waals surface area contributed by atoms with Gasteiger partial charge in [-0.1, -0.05) is 0 Å². The highest BCUT2D eigenvalue weighted by atomic mass is 32.1. The van der Waals surface area contributed by atoms with Crippen LogP contribution in [0, 0.1) is 6.92 Å². The Kier molecular flexibility index (Phi) is 4.28. The van der Waals surface area contributed by atoms with Gasteiger partial charge in [-0.3, -0.25) is 9.78 Å². The maximum Gasteiger partial charge on any atom is 0.348 e. The molecule has 19 heavy (non-hydrogen) atoms. The zero-order valence-corrected chi connectivity index (χ0v) is 12.1. The second kappa shape index (κ2) is 5.94. The molecular weight excluding hydrogens is 284 g/mol. The number of hydrogen-bond donors (Lipinski definition) is 1. The molecule has 0 saturated carbocycles. The molecule has 0 aliphatic carbocycles. The molecule has 7 heteroatoms. The zero-order valence-electron chi connectivity index (χ0n) is 10.4. The molecule has 0 aliphatic heterocycles. The van der Waals surface area contributed by atoms with Crippen molar-refractivity contribution in [1.82, 2.24) is 4.98 Å². The van der Waals surface area contributed by atoms with Crippen molar-refractivity contribution in [3.63, 3.8) is 0 Å². The van der Waals surface area contributed by atoms with E-state index in [9.17, 15) is 9.59 Å². The van der Waals surface area contributed by atoms with Gasteiger partial charge in [0.1, 0.15) is 9.75 Å². The van der Waals surface area contributed by atoms with E-state index in [0.717, 1.165) is 5.56 Å². The molecule has 2 aromatic rings. The number of ether oxygens (including phenoxy) is 1. The van der Waals surface area contributed by atoms with Gasteiger partial charge in [0, 0.05) is 0 Å². The van der Waals surface area contributed by atoms with Crippen molar-refractivity contribution in [2.24, 2.45) is 0 Å². The first-order chi connectivity index (χ1) is 9.11. The fraction of sp³-hybridized carbons (Fsp3) is 0.250. The molecule has 0 bridgehead atoms. The molecule has 0 spiro atoms. The number of nitrogens with one attached hydrogen (secondary N) is 1. The van der Waals surface area contributed by atoms with E-state index in [0.29, 0.717) is 21.4 Å². The minimum absolute atomic E-state index is 0.223. The van der Waals surface area contributed by atoms with E-state index in [1.54, 1.807) is 18.5 Å². The van der Waals surface area contributed by atoms with Gasteiger partial charge in [-0.2, -0.15) is 0 Å². The quantitative estimate of drug-likeness (QED) is 0.881. The summed E-state index contributed by atoms with van der Waals surface area (Å²) >= 11 is 2.48. The maximum absolute atomic E-state index is 11.8. The SMILES string of the molecule is CCOC(=O)c1sc(NC(=O)c2cncs2)cc1C. The molecule has 0 unspecified atom stereocenters. The van der Waals surface area contributed by atoms with E-state index < -0.39 is 0 Å². The van der Waals surface area contributed by atoms with Crippen LogP contribution in [0.5, 0.6) is 0 Å². The summed E-state index contributed by atoms with van der Waals surface area (Å²) < 4.78 is 4.95. The molecule has 0 saturated heterocycles. The van der Waals surface area contributed by atoms with Crippen molar-refractivity contribution in [2.75, 3.05) is 11.9 Å². The third-order valence-electron chi connectivity index (χ3n) is 2.27. The van der Waals surface area contributed by atoms with Crippen LogP contribution in [-0.2, 0) is 4.74 Å². The zero-order chi connectivity index (χ0) is 13.8. The third-order valence-corrected chi connectivity index (χ3v) is 4.18. The number of hydrogen-bond acceptors (Lipinski definition) is 6. The predicted molar refractivity (Wildman–Crippen MR) is 75.1 cm³/mol. The highest BCUT2D eigenvalue weighted by molar-refractivity contribution is 7.18. The van der Waals surface area contributed by atoms with Gasteiger partial charge in [-0.15, -0.1) is 22.7 Å². The van der Waals surface area contributed by atoms with Crippen molar-refractivity contribution < 1.29 is 14.3 Å². The lowest BCUT2D eigenvalue weighted by molar-refractivity contribution is 0.0531. The molecule has 1 N–H and O–H groups in total. The van der Waals surface area contributed by atoms with E-state index in [-0.39, 0.29) is 11.9 Å². The Hall–Kier alpha value is -1.73. The first-order valence-electron chi connectivity index (χ1n) is 5.59. The van der Waals surface area contributed by atoms with Gasteiger partial charge in [-0.05, 0) is 25.5 Å². The fourth-order valence-corrected chi connectivity index (χ4v) is 2.92. The smallest absolute Gasteiger partial charge is 0.348 e. The van der Waals surface area contributed by atoms with Gasteiger partial charge >= 0.3 is 5.97 Å². The number of carbonyl (C=O) groups excluding carboxylic acids is 2. The molecule has 2 rings (SSSR count). The van der Waals surface area contributed by atoms with Crippen LogP contribution < -0.4 is 5.32 Å². The predicted octanol–water partition coefficient (Wildman–Crippen LogP) is 2.94. The largest absolute Gasteiger partial charge is 0.462 e. The third kappa shape index (κ3) is 3.18. The monoisotopic (exact) mass is 296 g/mol. The Bertz CT molecular complexity index is 590. The van der Waals surface area contributed by atoms with Gasteiger partial charge in [0.25, 0.3) is 5.91 Å². The van der Waals surface area contributed by atoms with E-state index in [2.05, 4.69) is 10.3 Å². The van der Waals surface area contributed by atoms with Crippen LogP contribution >= 0.6 is 22.7 Å². The highest BCUT2D eigenvalue weighted by Crippen LogP contribution is 2.28. The van der Waals surface area contributed by atoms with Crippen LogP contribution in [-0.4, -0.2) is 23.5 Å². The van der Waals surface area contributed by atoms with Crippen LogP contribution in [0.15, 0.2) is 17.8 Å². The fourth-order valence-electron chi connectivity index (χ4n) is 1.44. The molecule has 100 valence electrons. The van der Waals surface area contributed by atoms with Crippen LogP contribution in [0.1, 0.15) is 31.8 Å². The summed E-state index contributed by atoms with van der Waals surface area (Å²) in [4.78, 5) is 28.4. The van der Waals surface area contributed by atoms with Gasteiger partial charge in [0.2, 0.25) is 0 Å². The Balaban J connectivity index is 2.12. The van der Waals surface area contributed by atoms with Gasteiger partial charge < -0.3 is 10.1 Å². The molecule has 0 radical (unpaired) electrons. The van der Waals surface area contributed by atoms with Crippen molar-refractivity contribution in [1.29, 1.82) is 0 Å². The van der Waals surface area contributed by atoms with Gasteiger partial charge in [-0.25, -0.2) is 4.79 Å². The lowest BCUT2D eigenvalue weighted by Crippen LogP contribution is -2.08. The average Bonchev–Trinajstić information content (AvgIpc) is 2.99. The minimum atomic E-state index is -0.358. The Labute approximate surface area is 118 Å². The lowest BCUT2D eigenvalue weighted by atomic mass is 10.3. The highest BCUT2D eigenvalue weighted by Gasteiger charge is 2.16. The number of aromatic nitrogens is 1. The van der Waals surface area contributed by atoms with Crippen LogP contribution in [0.25, 0.3) is 0 Å². The summed E-state index contributed by atoms with van der Waals surface area (Å²) in [5, 5.41) is 3.37. The van der Waals surface area contributed by atoms with Crippen molar-refractivity contribution in [3.05, 3.63) is 33.1 Å². The van der Waals surface area contributed by atoms with E-state index >= 15 is 0 Å². The summed E-state index contributed by atoms with van der Waals surface area (Å²) in [6.45, 7) is 3.90. The number of carbonyl (C=O) groups is 2. The minimum Gasteiger partial charge on any atom is -0.462 e. The van der Waals surface area contributed by atoms with Crippen molar-refractivity contribution in [2.45, 2.75) is 13.8 Å². The number of thiophene rings is 1. The van der Waals surface area contributed by atoms with Gasteiger partial charge in [0.15, 0.2) is 0 Å². The van der Waals surface area contributed by atoms with E-state index in [4.69, 9.17) is 4.74 Å². The van der Waals surface area contributed by atoms with Crippen molar-refractivity contribution in [3.8, 4) is 0 Å². The summed E-state index contributed by atoms with van der Waals surface area (Å²) in [6, 6.07) is 1.76. The van der Waals surface area contributed by atoms with E-state index in [1.165, 1.54) is 28.9 Å². The second-order valence-electron chi connectivity index (χ2n) is 3.66. The molecular formula is C12H12N2O3S2. The molecule has 0 fully saturated rings. The average molecular weight is 296 g/mol. The molecule has 0 atom stereocenters. The standard InChI is InChI=1S/C12H12N2O3S2/c1-3-17-12(16)10-7(2)4-9(19-10)14-11(15)8-5-13-6-18-8/h4-6H,3H2,1-2H3,(H,14,15). The number of amides is 1. The topological polar surface area (TPSA) is 68.3 Å². The number of thiazole rings is 1. The number of rotatable bonds is 4. The number of anilines is 1. The van der Waals surface area contributed by atoms with Crippen LogP contribution in [0.2, 0.25) is 0 Å². The van der Waals surface area contributed by atoms with E-state index in [1.807, 2.05) is 6.92 Å². The normalized spacial score (nSPS) is 10.2. The molecule has 2 heterocycles. The van der Waals surface area contributed by atoms with Crippen LogP contribution in [0.3, 0.4) is 0 Å². The van der Waals surface area contributed by atoms with Crippen LogP contribution in [0.4, 0.5) is 5.00 Å². The van der Waals surface area contributed by atoms with Crippen molar-refractivity contribution >= 4 is 39.6 Å². The Morgan fingerprint density at radius 2 is 2.26 bits per heavy atom. The summed E-state index contributed by atoms with van der Waals surface area (Å²) in [5.74, 6) is -0.581. The molecule has 5 nitrogen and oxygen atoms in total. The molecule has 0 aliphatic rings. The summed E-state index contributed by atoms with van der Waals surface area (Å²) in [6.07, 6.45) is 1.51. The molecule has 2 aromatic heterocycles. The number of nitrogens with zero attached hydrogens (tertiary/aromatic N) is 1. The van der Waals surface area contributed by atoms with Gasteiger partial charge in [0.05, 0.1) is 23.3 Å². The maximum atomic E-state index is 11.8. The Morgan fingerprint density at radius 3 is 2.89 bits per heavy atom.